The average Bonchev–Trinajstić information content (AvgIpc) is 2.54. The van der Waals surface area contributed by atoms with Gasteiger partial charge < -0.3 is 15.1 Å². The van der Waals surface area contributed by atoms with Crippen LogP contribution in [-0.4, -0.2) is 48.9 Å². The van der Waals surface area contributed by atoms with E-state index in [1.165, 1.54) is 0 Å². The van der Waals surface area contributed by atoms with E-state index < -0.39 is 0 Å². The van der Waals surface area contributed by atoms with Crippen LogP contribution in [0.1, 0.15) is 38.2 Å². The molecule has 0 unspecified atom stereocenters. The third kappa shape index (κ3) is 4.24. The minimum absolute atomic E-state index is 0.0222. The molecule has 0 atom stereocenters. The molecule has 0 aliphatic carbocycles. The van der Waals surface area contributed by atoms with Crippen molar-refractivity contribution >= 4 is 17.6 Å². The minimum atomic E-state index is -0.0265. The molecule has 5 nitrogen and oxygen atoms in total. The van der Waals surface area contributed by atoms with Crippen LogP contribution in [0.2, 0.25) is 0 Å². The standard InChI is InChI=1S/C18H27N3O2/c1-13(2)15-7-5-6-8-16(15)19-17(22)14-9-11-21(12-10-14)18(23)20(3)4/h5-8,13-14H,9-12H2,1-4H3,(H,19,22). The number of carbonyl (C=O) groups is 2. The number of piperidine rings is 1. The smallest absolute Gasteiger partial charge is 0.319 e. The van der Waals surface area contributed by atoms with Gasteiger partial charge in [-0.15, -0.1) is 0 Å². The molecule has 1 aliphatic rings. The number of urea groups is 1. The van der Waals surface area contributed by atoms with E-state index in [0.29, 0.717) is 19.0 Å². The summed E-state index contributed by atoms with van der Waals surface area (Å²) < 4.78 is 0. The Kier molecular flexibility index (Phi) is 5.64. The third-order valence-electron chi connectivity index (χ3n) is 4.36. The third-order valence-corrected chi connectivity index (χ3v) is 4.36. The number of nitrogens with one attached hydrogen (secondary N) is 1. The van der Waals surface area contributed by atoms with Crippen LogP contribution < -0.4 is 5.32 Å². The Morgan fingerprint density at radius 2 is 1.78 bits per heavy atom. The lowest BCUT2D eigenvalue weighted by molar-refractivity contribution is -0.121. The highest BCUT2D eigenvalue weighted by Crippen LogP contribution is 2.26. The van der Waals surface area contributed by atoms with Crippen molar-refractivity contribution in [3.05, 3.63) is 29.8 Å². The highest BCUT2D eigenvalue weighted by molar-refractivity contribution is 5.93. The first-order valence-electron chi connectivity index (χ1n) is 8.26. The maximum absolute atomic E-state index is 12.5. The molecule has 3 amide bonds. The summed E-state index contributed by atoms with van der Waals surface area (Å²) in [6, 6.07) is 7.97. The highest BCUT2D eigenvalue weighted by Gasteiger charge is 2.28. The number of amides is 3. The van der Waals surface area contributed by atoms with Crippen molar-refractivity contribution in [3.63, 3.8) is 0 Å². The van der Waals surface area contributed by atoms with E-state index in [9.17, 15) is 9.59 Å². The van der Waals surface area contributed by atoms with Gasteiger partial charge in [-0.3, -0.25) is 4.79 Å². The number of nitrogens with zero attached hydrogens (tertiary/aromatic N) is 2. The van der Waals surface area contributed by atoms with Crippen molar-refractivity contribution in [2.45, 2.75) is 32.6 Å². The van der Waals surface area contributed by atoms with Crippen molar-refractivity contribution in [1.82, 2.24) is 9.80 Å². The lowest BCUT2D eigenvalue weighted by Crippen LogP contribution is -2.45. The molecule has 0 spiro atoms. The van der Waals surface area contributed by atoms with Gasteiger partial charge in [0.1, 0.15) is 0 Å². The Morgan fingerprint density at radius 3 is 2.35 bits per heavy atom. The molecule has 1 aromatic rings. The molecule has 1 saturated heterocycles. The topological polar surface area (TPSA) is 52.7 Å². The highest BCUT2D eigenvalue weighted by atomic mass is 16.2. The molecule has 1 N–H and O–H groups in total. The zero-order valence-corrected chi connectivity index (χ0v) is 14.5. The van der Waals surface area contributed by atoms with Crippen LogP contribution in [0.15, 0.2) is 24.3 Å². The second kappa shape index (κ2) is 7.49. The maximum atomic E-state index is 12.5. The van der Waals surface area contributed by atoms with Crippen LogP contribution >= 0.6 is 0 Å². The lowest BCUT2D eigenvalue weighted by Gasteiger charge is -2.33. The zero-order chi connectivity index (χ0) is 17.0. The Labute approximate surface area is 138 Å². The summed E-state index contributed by atoms with van der Waals surface area (Å²) in [5, 5.41) is 3.08. The Bertz CT molecular complexity index is 561. The summed E-state index contributed by atoms with van der Waals surface area (Å²) in [6.07, 6.45) is 1.44. The quantitative estimate of drug-likeness (QED) is 0.931. The summed E-state index contributed by atoms with van der Waals surface area (Å²) in [6.45, 7) is 5.52. The largest absolute Gasteiger partial charge is 0.331 e. The number of hydrogen-bond donors (Lipinski definition) is 1. The van der Waals surface area contributed by atoms with E-state index in [2.05, 4.69) is 25.2 Å². The van der Waals surface area contributed by atoms with Gasteiger partial charge in [0.05, 0.1) is 0 Å². The van der Waals surface area contributed by atoms with Gasteiger partial charge in [-0.2, -0.15) is 0 Å². The molecular weight excluding hydrogens is 290 g/mol. The molecule has 1 heterocycles. The first-order valence-corrected chi connectivity index (χ1v) is 8.26. The second-order valence-corrected chi connectivity index (χ2v) is 6.67. The fourth-order valence-corrected chi connectivity index (χ4v) is 2.96. The number of anilines is 1. The number of carbonyl (C=O) groups excluding carboxylic acids is 2. The van der Waals surface area contributed by atoms with E-state index >= 15 is 0 Å². The molecule has 126 valence electrons. The zero-order valence-electron chi connectivity index (χ0n) is 14.5. The Balaban J connectivity index is 1.95. The van der Waals surface area contributed by atoms with Gasteiger partial charge in [0.25, 0.3) is 0 Å². The maximum Gasteiger partial charge on any atom is 0.319 e. The average molecular weight is 317 g/mol. The van der Waals surface area contributed by atoms with E-state index in [0.717, 1.165) is 24.1 Å². The molecule has 1 aliphatic heterocycles. The summed E-state index contributed by atoms with van der Waals surface area (Å²) in [4.78, 5) is 27.9. The van der Waals surface area contributed by atoms with Gasteiger partial charge >= 0.3 is 6.03 Å². The number of hydrogen-bond acceptors (Lipinski definition) is 2. The first kappa shape index (κ1) is 17.3. The fourth-order valence-electron chi connectivity index (χ4n) is 2.96. The predicted molar refractivity (Wildman–Crippen MR) is 92.5 cm³/mol. The number of para-hydroxylation sites is 1. The molecule has 0 saturated carbocycles. The van der Waals surface area contributed by atoms with E-state index in [4.69, 9.17) is 0 Å². The van der Waals surface area contributed by atoms with Gasteiger partial charge in [0, 0.05) is 38.8 Å². The van der Waals surface area contributed by atoms with Gasteiger partial charge in [-0.05, 0) is 30.4 Å². The van der Waals surface area contributed by atoms with Crippen LogP contribution in [0, 0.1) is 5.92 Å². The second-order valence-electron chi connectivity index (χ2n) is 6.67. The van der Waals surface area contributed by atoms with Crippen LogP contribution in [0.4, 0.5) is 10.5 Å². The van der Waals surface area contributed by atoms with Crippen molar-refractivity contribution < 1.29 is 9.59 Å². The first-order chi connectivity index (χ1) is 10.9. The van der Waals surface area contributed by atoms with Crippen molar-refractivity contribution in [2.24, 2.45) is 5.92 Å². The molecule has 0 bridgehead atoms. The van der Waals surface area contributed by atoms with E-state index in [-0.39, 0.29) is 17.9 Å². The SMILES string of the molecule is CC(C)c1ccccc1NC(=O)C1CCN(C(=O)N(C)C)CC1. The lowest BCUT2D eigenvalue weighted by atomic mass is 9.95. The van der Waals surface area contributed by atoms with E-state index in [1.807, 2.05) is 23.1 Å². The number of benzene rings is 1. The fraction of sp³-hybridized carbons (Fsp3) is 0.556. The van der Waals surface area contributed by atoms with Crippen LogP contribution in [0.5, 0.6) is 0 Å². The Morgan fingerprint density at radius 1 is 1.17 bits per heavy atom. The number of rotatable bonds is 3. The van der Waals surface area contributed by atoms with Gasteiger partial charge in [0.2, 0.25) is 5.91 Å². The van der Waals surface area contributed by atoms with Crippen molar-refractivity contribution in [1.29, 1.82) is 0 Å². The molecule has 0 aromatic heterocycles. The molecular formula is C18H27N3O2. The van der Waals surface area contributed by atoms with Crippen molar-refractivity contribution in [3.8, 4) is 0 Å². The van der Waals surface area contributed by atoms with Crippen LogP contribution in [0.25, 0.3) is 0 Å². The summed E-state index contributed by atoms with van der Waals surface area (Å²) in [5.74, 6) is 0.405. The Hall–Kier alpha value is -2.04. The molecule has 23 heavy (non-hydrogen) atoms. The minimum Gasteiger partial charge on any atom is -0.331 e. The van der Waals surface area contributed by atoms with Gasteiger partial charge in [-0.1, -0.05) is 32.0 Å². The van der Waals surface area contributed by atoms with Gasteiger partial charge in [-0.25, -0.2) is 4.79 Å². The van der Waals surface area contributed by atoms with Crippen LogP contribution in [0.3, 0.4) is 0 Å². The van der Waals surface area contributed by atoms with E-state index in [1.54, 1.807) is 19.0 Å². The predicted octanol–water partition coefficient (Wildman–Crippen LogP) is 3.14. The summed E-state index contributed by atoms with van der Waals surface area (Å²) >= 11 is 0. The van der Waals surface area contributed by atoms with Crippen LogP contribution in [-0.2, 0) is 4.79 Å². The summed E-state index contributed by atoms with van der Waals surface area (Å²) in [7, 11) is 3.51. The summed E-state index contributed by atoms with van der Waals surface area (Å²) in [5.41, 5.74) is 2.06. The number of likely N-dealkylation sites (tertiary alicyclic amines) is 1. The van der Waals surface area contributed by atoms with Crippen molar-refractivity contribution in [2.75, 3.05) is 32.5 Å². The molecule has 1 aromatic carbocycles. The molecule has 1 fully saturated rings. The molecule has 5 heteroatoms. The molecule has 2 rings (SSSR count). The van der Waals surface area contributed by atoms with Gasteiger partial charge in [0.15, 0.2) is 0 Å². The molecule has 0 radical (unpaired) electrons. The monoisotopic (exact) mass is 317 g/mol. The normalized spacial score (nSPS) is 15.6.